The number of nitrogens with one attached hydrogen (secondary N) is 1. The fourth-order valence-corrected chi connectivity index (χ4v) is 1.97. The molecule has 0 aromatic heterocycles. The molecule has 100 valence electrons. The molecule has 0 aliphatic rings. The minimum atomic E-state index is -0.247. The zero-order chi connectivity index (χ0) is 13.5. The molecular weight excluding hydrogens is 252 g/mol. The molecule has 0 saturated heterocycles. The van der Waals surface area contributed by atoms with Gasteiger partial charge in [-0.1, -0.05) is 29.8 Å². The molecule has 0 radical (unpaired) electrons. The van der Waals surface area contributed by atoms with E-state index in [9.17, 15) is 4.79 Å². The van der Waals surface area contributed by atoms with Crippen LogP contribution in [0, 0.1) is 0 Å². The van der Waals surface area contributed by atoms with Crippen LogP contribution in [-0.2, 0) is 9.53 Å². The van der Waals surface area contributed by atoms with E-state index in [0.717, 1.165) is 5.56 Å². The first-order valence-corrected chi connectivity index (χ1v) is 6.23. The van der Waals surface area contributed by atoms with Gasteiger partial charge in [0, 0.05) is 18.7 Å². The van der Waals surface area contributed by atoms with Gasteiger partial charge in [0.1, 0.15) is 0 Å². The molecule has 0 aliphatic carbocycles. The summed E-state index contributed by atoms with van der Waals surface area (Å²) < 4.78 is 5.07. The van der Waals surface area contributed by atoms with Gasteiger partial charge in [-0.2, -0.15) is 0 Å². The van der Waals surface area contributed by atoms with Gasteiger partial charge in [-0.15, -0.1) is 0 Å². The number of rotatable bonds is 6. The Morgan fingerprint density at radius 3 is 2.72 bits per heavy atom. The van der Waals surface area contributed by atoms with E-state index in [-0.39, 0.29) is 24.5 Å². The normalized spacial score (nSPS) is 14.0. The standard InChI is InChI=1S/C13H19ClN2O2/c1-9(11-5-3-4-6-12(11)14)16-13(17)7-10(8-15)18-2/h3-6,9-10H,7-8,15H2,1-2H3,(H,16,17)/t9-,10?/m0/s1. The molecule has 0 fully saturated rings. The number of benzene rings is 1. The molecule has 3 N–H and O–H groups in total. The topological polar surface area (TPSA) is 64.3 Å². The Kier molecular flexibility index (Phi) is 6.12. The Balaban J connectivity index is 2.57. The van der Waals surface area contributed by atoms with E-state index in [2.05, 4.69) is 5.32 Å². The number of ether oxygens (including phenoxy) is 1. The molecule has 2 atom stereocenters. The van der Waals surface area contributed by atoms with Crippen molar-refractivity contribution in [2.24, 2.45) is 5.73 Å². The van der Waals surface area contributed by atoms with Gasteiger partial charge >= 0.3 is 0 Å². The highest BCUT2D eigenvalue weighted by Crippen LogP contribution is 2.22. The van der Waals surface area contributed by atoms with Gasteiger partial charge in [0.05, 0.1) is 18.6 Å². The third kappa shape index (κ3) is 4.29. The predicted octanol–water partition coefficient (Wildman–Crippen LogP) is 1.88. The van der Waals surface area contributed by atoms with Crippen LogP contribution in [0.5, 0.6) is 0 Å². The van der Waals surface area contributed by atoms with Gasteiger partial charge < -0.3 is 15.8 Å². The van der Waals surface area contributed by atoms with Gasteiger partial charge in [-0.05, 0) is 18.6 Å². The monoisotopic (exact) mass is 270 g/mol. The molecule has 1 aromatic rings. The molecule has 4 nitrogen and oxygen atoms in total. The smallest absolute Gasteiger partial charge is 0.223 e. The zero-order valence-corrected chi connectivity index (χ0v) is 11.4. The first kappa shape index (κ1) is 15.0. The molecule has 0 aliphatic heterocycles. The van der Waals surface area contributed by atoms with Crippen molar-refractivity contribution in [3.8, 4) is 0 Å². The predicted molar refractivity (Wildman–Crippen MR) is 72.5 cm³/mol. The quantitative estimate of drug-likeness (QED) is 0.830. The van der Waals surface area contributed by atoms with Crippen molar-refractivity contribution >= 4 is 17.5 Å². The van der Waals surface area contributed by atoms with E-state index in [1.807, 2.05) is 25.1 Å². The van der Waals surface area contributed by atoms with Gasteiger partial charge in [0.25, 0.3) is 0 Å². The highest BCUT2D eigenvalue weighted by atomic mass is 35.5. The highest BCUT2D eigenvalue weighted by Gasteiger charge is 2.15. The summed E-state index contributed by atoms with van der Waals surface area (Å²) in [6.07, 6.45) is 0.00497. The second-order valence-corrected chi connectivity index (χ2v) is 4.52. The van der Waals surface area contributed by atoms with Crippen LogP contribution in [0.3, 0.4) is 0 Å². The van der Waals surface area contributed by atoms with Crippen molar-refractivity contribution in [3.05, 3.63) is 34.9 Å². The molecule has 18 heavy (non-hydrogen) atoms. The number of carbonyl (C=O) groups is 1. The van der Waals surface area contributed by atoms with Crippen LogP contribution in [0.4, 0.5) is 0 Å². The number of nitrogens with two attached hydrogens (primary N) is 1. The number of hydrogen-bond acceptors (Lipinski definition) is 3. The third-order valence-electron chi connectivity index (χ3n) is 2.76. The Morgan fingerprint density at radius 2 is 2.17 bits per heavy atom. The van der Waals surface area contributed by atoms with E-state index < -0.39 is 0 Å². The van der Waals surface area contributed by atoms with Crippen LogP contribution >= 0.6 is 11.6 Å². The Labute approximate surface area is 112 Å². The maximum Gasteiger partial charge on any atom is 0.223 e. The fraction of sp³-hybridized carbons (Fsp3) is 0.462. The lowest BCUT2D eigenvalue weighted by Gasteiger charge is -2.18. The zero-order valence-electron chi connectivity index (χ0n) is 10.7. The molecule has 0 spiro atoms. The minimum absolute atomic E-state index is 0.0975. The van der Waals surface area contributed by atoms with Gasteiger partial charge in [-0.25, -0.2) is 0 Å². The Morgan fingerprint density at radius 1 is 1.50 bits per heavy atom. The van der Waals surface area contributed by atoms with Gasteiger partial charge in [0.15, 0.2) is 0 Å². The first-order valence-electron chi connectivity index (χ1n) is 5.85. The SMILES string of the molecule is COC(CN)CC(=O)N[C@@H](C)c1ccccc1Cl. The van der Waals surface area contributed by atoms with Gasteiger partial charge in [0.2, 0.25) is 5.91 Å². The van der Waals surface area contributed by atoms with Gasteiger partial charge in [-0.3, -0.25) is 4.79 Å². The van der Waals surface area contributed by atoms with Crippen LogP contribution in [-0.4, -0.2) is 25.7 Å². The number of carbonyl (C=O) groups excluding carboxylic acids is 1. The molecule has 1 unspecified atom stereocenters. The minimum Gasteiger partial charge on any atom is -0.380 e. The summed E-state index contributed by atoms with van der Waals surface area (Å²) in [4.78, 5) is 11.8. The lowest BCUT2D eigenvalue weighted by atomic mass is 10.1. The average Bonchev–Trinajstić information content (AvgIpc) is 2.36. The molecule has 1 amide bonds. The van der Waals surface area contributed by atoms with E-state index in [1.165, 1.54) is 0 Å². The third-order valence-corrected chi connectivity index (χ3v) is 3.10. The molecule has 1 aromatic carbocycles. The summed E-state index contributed by atoms with van der Waals surface area (Å²) in [6, 6.07) is 7.31. The molecule has 1 rings (SSSR count). The number of hydrogen-bond donors (Lipinski definition) is 2. The molecule has 0 saturated carbocycles. The Hall–Kier alpha value is -1.10. The second kappa shape index (κ2) is 7.36. The number of amides is 1. The second-order valence-electron chi connectivity index (χ2n) is 4.11. The summed E-state index contributed by atoms with van der Waals surface area (Å²) in [5, 5.41) is 3.52. The molecule has 5 heteroatoms. The first-order chi connectivity index (χ1) is 8.58. The van der Waals surface area contributed by atoms with Crippen molar-refractivity contribution < 1.29 is 9.53 Å². The summed E-state index contributed by atoms with van der Waals surface area (Å²) >= 11 is 6.07. The largest absolute Gasteiger partial charge is 0.380 e. The van der Waals surface area contributed by atoms with Crippen LogP contribution in [0.2, 0.25) is 5.02 Å². The van der Waals surface area contributed by atoms with Crippen molar-refractivity contribution in [2.75, 3.05) is 13.7 Å². The number of methoxy groups -OCH3 is 1. The maximum absolute atomic E-state index is 11.8. The van der Waals surface area contributed by atoms with E-state index in [1.54, 1.807) is 13.2 Å². The Bertz CT molecular complexity index is 394. The summed E-state index contributed by atoms with van der Waals surface area (Å²) in [5.41, 5.74) is 6.37. The van der Waals surface area contributed by atoms with E-state index >= 15 is 0 Å². The van der Waals surface area contributed by atoms with E-state index in [4.69, 9.17) is 22.1 Å². The van der Waals surface area contributed by atoms with Crippen molar-refractivity contribution in [1.29, 1.82) is 0 Å². The molecular formula is C13H19ClN2O2. The van der Waals surface area contributed by atoms with Crippen LogP contribution in [0.15, 0.2) is 24.3 Å². The van der Waals surface area contributed by atoms with Crippen molar-refractivity contribution in [3.63, 3.8) is 0 Å². The van der Waals surface area contributed by atoms with Crippen LogP contribution in [0.1, 0.15) is 24.9 Å². The van der Waals surface area contributed by atoms with Crippen molar-refractivity contribution in [1.82, 2.24) is 5.32 Å². The van der Waals surface area contributed by atoms with Crippen LogP contribution in [0.25, 0.3) is 0 Å². The van der Waals surface area contributed by atoms with Crippen molar-refractivity contribution in [2.45, 2.75) is 25.5 Å². The van der Waals surface area contributed by atoms with Crippen LogP contribution < -0.4 is 11.1 Å². The molecule has 0 heterocycles. The number of halogens is 1. The average molecular weight is 271 g/mol. The lowest BCUT2D eigenvalue weighted by Crippen LogP contribution is -2.33. The summed E-state index contributed by atoms with van der Waals surface area (Å²) in [5.74, 6) is -0.0975. The maximum atomic E-state index is 11.8. The molecule has 0 bridgehead atoms. The fourth-order valence-electron chi connectivity index (χ4n) is 1.67. The summed E-state index contributed by atoms with van der Waals surface area (Å²) in [6.45, 7) is 2.22. The highest BCUT2D eigenvalue weighted by molar-refractivity contribution is 6.31. The lowest BCUT2D eigenvalue weighted by molar-refractivity contribution is -0.124. The van der Waals surface area contributed by atoms with E-state index in [0.29, 0.717) is 11.6 Å². The summed E-state index contributed by atoms with van der Waals surface area (Å²) in [7, 11) is 1.54.